The lowest BCUT2D eigenvalue weighted by Gasteiger charge is -1.70. The monoisotopic (exact) mass is 135 g/mol. The summed E-state index contributed by atoms with van der Waals surface area (Å²) in [5.41, 5.74) is 0. The molecule has 1 N–H and O–H groups in total. The van der Waals surface area contributed by atoms with Crippen LogP contribution in [0.5, 0.6) is 0 Å². The van der Waals surface area contributed by atoms with E-state index in [9.17, 15) is 4.57 Å². The van der Waals surface area contributed by atoms with E-state index < -0.39 is 8.03 Å². The van der Waals surface area contributed by atoms with E-state index >= 15 is 0 Å². The Morgan fingerprint density at radius 1 is 1.86 bits per heavy atom. The highest BCUT2D eigenvalue weighted by atomic mass is 31.1. The topological polar surface area (TPSA) is 37.3 Å². The molecule has 0 amide bonds. The van der Waals surface area contributed by atoms with Gasteiger partial charge in [-0.3, -0.25) is 0 Å². The molecule has 0 aromatic heterocycles. The van der Waals surface area contributed by atoms with Crippen molar-refractivity contribution in [2.45, 2.75) is 12.2 Å². The van der Waals surface area contributed by atoms with Crippen molar-refractivity contribution in [3.63, 3.8) is 0 Å². The van der Waals surface area contributed by atoms with Crippen molar-refractivity contribution in [3.8, 4) is 0 Å². The van der Waals surface area contributed by atoms with Crippen LogP contribution in [-0.4, -0.2) is 25.1 Å². The number of rotatable bonds is 3. The maximum Gasteiger partial charge on any atom is 0.488 e. The molecule has 0 rings (SSSR count). The lowest BCUT2D eigenvalue weighted by atomic mass is 11.0. The fourth-order valence-electron chi connectivity index (χ4n) is 0.293. The normalized spacial score (nSPS) is 10.9. The van der Waals surface area contributed by atoms with Gasteiger partial charge >= 0.3 is 23.2 Å². The predicted molar refractivity (Wildman–Crippen MR) is 32.3 cm³/mol. The van der Waals surface area contributed by atoms with Gasteiger partial charge in [-0.2, -0.15) is 4.89 Å². The van der Waals surface area contributed by atoms with Gasteiger partial charge in [0.05, 0.1) is 0 Å². The second kappa shape index (κ2) is 4.74. The summed E-state index contributed by atoms with van der Waals surface area (Å²) in [5.74, 6) is 0. The highest BCUT2D eigenvalue weighted by molar-refractivity contribution is 7.40. The van der Waals surface area contributed by atoms with E-state index in [2.05, 4.69) is 6.92 Å². The van der Waals surface area contributed by atoms with E-state index in [4.69, 9.17) is 4.89 Å². The molecular formula is C3H9AlO2P+. The Bertz CT molecular complexity index is 66.0. The summed E-state index contributed by atoms with van der Waals surface area (Å²) in [6, 6.07) is 0. The molecule has 4 heteroatoms. The summed E-state index contributed by atoms with van der Waals surface area (Å²) in [5, 5.41) is 1.74. The van der Waals surface area contributed by atoms with E-state index in [1.165, 1.54) is 0 Å². The van der Waals surface area contributed by atoms with Gasteiger partial charge in [0.2, 0.25) is 0 Å². The molecule has 1 unspecified atom stereocenters. The highest BCUT2D eigenvalue weighted by Gasteiger charge is 2.08. The van der Waals surface area contributed by atoms with Crippen molar-refractivity contribution in [3.05, 3.63) is 0 Å². The van der Waals surface area contributed by atoms with Gasteiger partial charge in [-0.1, -0.05) is 12.2 Å². The molecule has 0 aromatic carbocycles. The fourth-order valence-corrected chi connectivity index (χ4v) is 2.64. The Morgan fingerprint density at radius 3 is 2.57 bits per heavy atom. The second-order valence-corrected chi connectivity index (χ2v) is 5.63. The average Bonchev–Trinajstić information content (AvgIpc) is 1.61. The van der Waals surface area contributed by atoms with Crippen LogP contribution < -0.4 is 0 Å². The Morgan fingerprint density at radius 2 is 2.43 bits per heavy atom. The lowest BCUT2D eigenvalue weighted by molar-refractivity contribution is 0.507. The van der Waals surface area contributed by atoms with E-state index in [-0.39, 0.29) is 15.2 Å². The first-order chi connectivity index (χ1) is 3.27. The third-order valence-corrected chi connectivity index (χ3v) is 4.21. The summed E-state index contributed by atoms with van der Waals surface area (Å²) in [6.07, 6.45) is 0. The van der Waals surface area contributed by atoms with Crippen LogP contribution in [0.3, 0.4) is 0 Å². The Hall–Kier alpha value is 0.592. The van der Waals surface area contributed by atoms with Gasteiger partial charge in [-0.15, -0.1) is 0 Å². The molecule has 0 aliphatic heterocycles. The first-order valence-electron chi connectivity index (χ1n) is 2.41. The van der Waals surface area contributed by atoms with Crippen LogP contribution in [0.25, 0.3) is 0 Å². The zero-order valence-electron chi connectivity index (χ0n) is 4.42. The Kier molecular flexibility index (Phi) is 5.15. The molecular weight excluding hydrogens is 126 g/mol. The second-order valence-electron chi connectivity index (χ2n) is 1.43. The fraction of sp³-hybridized carbons (Fsp3) is 1.00. The molecule has 7 heavy (non-hydrogen) atoms. The summed E-state index contributed by atoms with van der Waals surface area (Å²) in [4.78, 5) is 8.23. The van der Waals surface area contributed by atoms with Gasteiger partial charge in [0.15, 0.2) is 0 Å². The maximum absolute atomic E-state index is 9.94. The third kappa shape index (κ3) is 6.59. The van der Waals surface area contributed by atoms with Crippen LogP contribution in [0.1, 0.15) is 6.92 Å². The van der Waals surface area contributed by atoms with Gasteiger partial charge in [0, 0.05) is 0 Å². The molecule has 0 bridgehead atoms. The van der Waals surface area contributed by atoms with Crippen LogP contribution in [0.2, 0.25) is 5.28 Å². The van der Waals surface area contributed by atoms with Gasteiger partial charge < -0.3 is 0 Å². The quantitative estimate of drug-likeness (QED) is 0.453. The van der Waals surface area contributed by atoms with E-state index in [0.29, 0.717) is 5.02 Å². The standard InChI is InChI=1S/C2H5.CH3O2P.Al.H/c1-2;1-4(2)3;;/h1H2,2H3;1H2,(H,2,3);;/q;+1;;. The van der Waals surface area contributed by atoms with Gasteiger partial charge in [0.1, 0.15) is 5.02 Å². The average molecular weight is 135 g/mol. The van der Waals surface area contributed by atoms with Crippen molar-refractivity contribution < 1.29 is 9.46 Å². The van der Waals surface area contributed by atoms with Crippen molar-refractivity contribution >= 4 is 23.2 Å². The molecule has 2 nitrogen and oxygen atoms in total. The van der Waals surface area contributed by atoms with Crippen LogP contribution in [0.15, 0.2) is 0 Å². The molecule has 1 atom stereocenters. The number of hydrogen-bond donors (Lipinski definition) is 1. The molecule has 0 aliphatic rings. The predicted octanol–water partition coefficient (Wildman–Crippen LogP) is 0.553. The Balaban J connectivity index is 2.82. The molecule has 0 aliphatic carbocycles. The van der Waals surface area contributed by atoms with Gasteiger partial charge in [-0.05, 0) is 4.57 Å². The largest absolute Gasteiger partial charge is 0.488 e. The maximum atomic E-state index is 9.94. The highest BCUT2D eigenvalue weighted by Crippen LogP contribution is 2.09. The molecule has 0 fully saturated rings. The van der Waals surface area contributed by atoms with Crippen LogP contribution >= 0.6 is 8.03 Å². The summed E-state index contributed by atoms with van der Waals surface area (Å²) in [6.45, 7) is 2.06. The van der Waals surface area contributed by atoms with E-state index in [0.717, 1.165) is 5.28 Å². The van der Waals surface area contributed by atoms with Crippen LogP contribution in [0.4, 0.5) is 0 Å². The zero-order valence-corrected chi connectivity index (χ0v) is 6.73. The van der Waals surface area contributed by atoms with Crippen molar-refractivity contribution in [2.75, 3.05) is 5.02 Å². The summed E-state index contributed by atoms with van der Waals surface area (Å²) < 4.78 is 9.94. The van der Waals surface area contributed by atoms with Gasteiger partial charge in [-0.25, -0.2) is 0 Å². The third-order valence-electron chi connectivity index (χ3n) is 0.703. The number of hydrogen-bond acceptors (Lipinski definition) is 1. The summed E-state index contributed by atoms with van der Waals surface area (Å²) >= 11 is -0.159. The first-order valence-corrected chi connectivity index (χ1v) is 5.80. The minimum Gasteiger partial charge on any atom is -0.162 e. The minimum atomic E-state index is -1.79. The molecule has 0 aromatic rings. The molecule has 0 spiro atoms. The molecule has 0 saturated carbocycles. The smallest absolute Gasteiger partial charge is 0.162 e. The molecule has 0 heterocycles. The van der Waals surface area contributed by atoms with Crippen molar-refractivity contribution in [1.29, 1.82) is 0 Å². The van der Waals surface area contributed by atoms with Crippen LogP contribution in [0, 0.1) is 0 Å². The lowest BCUT2D eigenvalue weighted by Crippen LogP contribution is -1.88. The van der Waals surface area contributed by atoms with E-state index in [1.54, 1.807) is 0 Å². The van der Waals surface area contributed by atoms with Crippen molar-refractivity contribution in [1.82, 2.24) is 0 Å². The Labute approximate surface area is 50.5 Å². The molecule has 0 saturated heterocycles. The van der Waals surface area contributed by atoms with Crippen LogP contribution in [-0.2, 0) is 4.57 Å². The molecule has 0 radical (unpaired) electrons. The van der Waals surface area contributed by atoms with Gasteiger partial charge in [0.25, 0.3) is 0 Å². The SMILES string of the molecule is C[CH2][AlH][CH2][P+](=O)O. The van der Waals surface area contributed by atoms with Crippen molar-refractivity contribution in [2.24, 2.45) is 0 Å². The van der Waals surface area contributed by atoms with E-state index in [1.807, 2.05) is 0 Å². The zero-order chi connectivity index (χ0) is 5.70. The summed E-state index contributed by atoms with van der Waals surface area (Å²) in [7, 11) is -1.79. The molecule has 40 valence electrons. The minimum absolute atomic E-state index is 0.159. The first kappa shape index (κ1) is 7.59.